The smallest absolute Gasteiger partial charge is 0.312 e. The van der Waals surface area contributed by atoms with Crippen LogP contribution in [0.4, 0.5) is 0 Å². The summed E-state index contributed by atoms with van der Waals surface area (Å²) in [6.45, 7) is 20.1. The average Bonchev–Trinajstić information content (AvgIpc) is 4.00. The summed E-state index contributed by atoms with van der Waals surface area (Å²) in [5.41, 5.74) is 4.36. The number of amides is 2. The minimum atomic E-state index is -0.392. The van der Waals surface area contributed by atoms with E-state index in [-0.39, 0.29) is 56.5 Å². The average molecular weight is 979 g/mol. The van der Waals surface area contributed by atoms with Crippen molar-refractivity contribution in [2.75, 3.05) is 14.2 Å². The van der Waals surface area contributed by atoms with Gasteiger partial charge in [-0.3, -0.25) is 19.2 Å². The Balaban J connectivity index is 0.000000178. The number of carbonyl (C=O) groups is 4. The van der Waals surface area contributed by atoms with Crippen LogP contribution in [0.15, 0.2) is 64.4 Å². The summed E-state index contributed by atoms with van der Waals surface area (Å²) < 4.78 is 10.8. The van der Waals surface area contributed by atoms with Gasteiger partial charge < -0.3 is 19.3 Å². The first kappa shape index (κ1) is 47.4. The van der Waals surface area contributed by atoms with Gasteiger partial charge in [0, 0.05) is 45.6 Å². The van der Waals surface area contributed by atoms with Crippen LogP contribution in [0.3, 0.4) is 0 Å². The van der Waals surface area contributed by atoms with Crippen molar-refractivity contribution in [2.45, 2.75) is 161 Å². The number of rotatable bonds is 11. The van der Waals surface area contributed by atoms with Gasteiger partial charge in [-0.2, -0.15) is 0 Å². The van der Waals surface area contributed by atoms with Gasteiger partial charge in [0.25, 0.3) is 0 Å². The van der Waals surface area contributed by atoms with Gasteiger partial charge >= 0.3 is 11.9 Å². The molecular weight excluding hydrogens is 911 g/mol. The van der Waals surface area contributed by atoms with Gasteiger partial charge in [-0.1, -0.05) is 104 Å². The SMILES string of the molecule is CC[C@H](C)C1=CN(C23CC(C(=O)OC)(C2)C3)C(=O)C[C@@]1(C)c1ccc(Br)c(Cl)c1.CC[C@H](C)C1=CN(C23CC(C(=O)OC)(C2)C3)C(=O)C[C@@]1(C)c1ccc([C@@H]2C[C@H]2C(C)(C)C)c(Cl)c1. The molecule has 64 heavy (non-hydrogen) atoms. The maximum atomic E-state index is 13.6. The zero-order chi connectivity index (χ0) is 46.7. The summed E-state index contributed by atoms with van der Waals surface area (Å²) in [4.78, 5) is 55.1. The molecule has 2 aromatic rings. The molecule has 11 heteroatoms. The van der Waals surface area contributed by atoms with E-state index in [0.29, 0.717) is 60.8 Å². The molecule has 2 amide bonds. The van der Waals surface area contributed by atoms with Crippen molar-refractivity contribution in [3.05, 3.63) is 91.2 Å². The summed E-state index contributed by atoms with van der Waals surface area (Å²) in [6, 6.07) is 12.5. The Kier molecular flexibility index (Phi) is 11.8. The van der Waals surface area contributed by atoms with Crippen LogP contribution in [0.1, 0.15) is 156 Å². The Morgan fingerprint density at radius 3 is 1.48 bits per heavy atom. The highest BCUT2D eigenvalue weighted by Gasteiger charge is 2.76. The van der Waals surface area contributed by atoms with Crippen LogP contribution >= 0.6 is 39.1 Å². The van der Waals surface area contributed by atoms with Gasteiger partial charge in [0.2, 0.25) is 11.8 Å². The molecule has 8 nitrogen and oxygen atoms in total. The normalized spacial score (nSPS) is 35.5. The lowest BCUT2D eigenvalue weighted by Gasteiger charge is -2.71. The maximum Gasteiger partial charge on any atom is 0.312 e. The number of hydrogen-bond donors (Lipinski definition) is 0. The largest absolute Gasteiger partial charge is 0.469 e. The second-order valence-corrected chi connectivity index (χ2v) is 24.2. The van der Waals surface area contributed by atoms with Crippen molar-refractivity contribution in [2.24, 2.45) is 34.0 Å². The Hall–Kier alpha value is -3.14. The maximum absolute atomic E-state index is 13.6. The lowest BCUT2D eigenvalue weighted by Crippen LogP contribution is -2.77. The summed E-state index contributed by atoms with van der Waals surface area (Å²) in [7, 11) is 2.90. The van der Waals surface area contributed by atoms with Crippen LogP contribution in [0, 0.1) is 34.0 Å². The molecule has 0 N–H and O–H groups in total. The standard InChI is InChI=1S/C30H40ClNO3.C23H27BrClNO3/c1-8-18(2)23-14-32(30-15-29(16-30,17-30)26(34)35-7)25(33)13-28(23,6)19-9-10-20(24(31)11-19)21-12-22(21)27(3,4)5;1-5-14(2)16-10-26(23-11-22(12-23,13-23)20(28)29-4)19(27)9-21(16,3)15-6-7-17(24)18(25)8-15/h9-11,14,18,21-22H,8,12-13,15-17H2,1-7H3;6-8,10,14H,5,9,11-13H2,1-4H3/t18-,21-,22+,28-,29?,30?;14-,21-,22?,23?/m00/s1. The fourth-order valence-corrected chi connectivity index (χ4v) is 13.9. The minimum Gasteiger partial charge on any atom is -0.469 e. The first-order chi connectivity index (χ1) is 29.9. The molecule has 2 heterocycles. The first-order valence-electron chi connectivity index (χ1n) is 23.4. The Bertz CT molecular complexity index is 2330. The van der Waals surface area contributed by atoms with Crippen molar-refractivity contribution in [3.8, 4) is 0 Å². The van der Waals surface area contributed by atoms with Crippen LogP contribution in [-0.2, 0) is 39.5 Å². The molecule has 6 atom stereocenters. The van der Waals surface area contributed by atoms with Gasteiger partial charge in [0.1, 0.15) is 0 Å². The topological polar surface area (TPSA) is 93.2 Å². The number of benzene rings is 2. The van der Waals surface area contributed by atoms with Crippen LogP contribution in [0.5, 0.6) is 0 Å². The van der Waals surface area contributed by atoms with Crippen LogP contribution < -0.4 is 0 Å². The number of allylic oxidation sites excluding steroid dienone is 2. The van der Waals surface area contributed by atoms with Gasteiger partial charge in [0.05, 0.1) is 41.2 Å². The predicted octanol–water partition coefficient (Wildman–Crippen LogP) is 12.6. The van der Waals surface area contributed by atoms with Crippen LogP contribution in [0.25, 0.3) is 0 Å². The molecule has 7 fully saturated rings. The Morgan fingerprint density at radius 2 is 1.14 bits per heavy atom. The summed E-state index contributed by atoms with van der Waals surface area (Å²) in [5.74, 6) is 1.88. The monoisotopic (exact) mass is 976 g/mol. The summed E-state index contributed by atoms with van der Waals surface area (Å²) in [6.07, 6.45) is 12.6. The van der Waals surface area contributed by atoms with Gasteiger partial charge in [-0.25, -0.2) is 0 Å². The summed E-state index contributed by atoms with van der Waals surface area (Å²) in [5, 5.41) is 1.49. The number of methoxy groups -OCH3 is 2. The molecule has 9 aliphatic rings. The van der Waals surface area contributed by atoms with Crippen molar-refractivity contribution in [1.82, 2.24) is 9.80 Å². The molecule has 11 rings (SSSR count). The number of carbonyl (C=O) groups excluding carboxylic acids is 4. The zero-order valence-corrected chi connectivity index (χ0v) is 42.8. The highest BCUT2D eigenvalue weighted by Crippen LogP contribution is 2.72. The quantitative estimate of drug-likeness (QED) is 0.208. The number of halogens is 3. The van der Waals surface area contributed by atoms with Crippen LogP contribution in [-0.4, -0.2) is 58.9 Å². The lowest BCUT2D eigenvalue weighted by molar-refractivity contribution is -0.226. The molecule has 7 aliphatic carbocycles. The molecule has 0 aromatic heterocycles. The van der Waals surface area contributed by atoms with Crippen molar-refractivity contribution in [3.63, 3.8) is 0 Å². The molecule has 0 radical (unpaired) electrons. The predicted molar refractivity (Wildman–Crippen MR) is 256 cm³/mol. The van der Waals surface area contributed by atoms with E-state index in [2.05, 4.69) is 115 Å². The van der Waals surface area contributed by atoms with Gasteiger partial charge in [0.15, 0.2) is 0 Å². The Morgan fingerprint density at radius 1 is 0.734 bits per heavy atom. The third-order valence-corrected chi connectivity index (χ3v) is 19.0. The molecule has 346 valence electrons. The van der Waals surface area contributed by atoms with E-state index in [4.69, 9.17) is 32.7 Å². The van der Waals surface area contributed by atoms with Crippen molar-refractivity contribution >= 4 is 62.9 Å². The van der Waals surface area contributed by atoms with E-state index in [0.717, 1.165) is 52.7 Å². The van der Waals surface area contributed by atoms with Crippen LogP contribution in [0.2, 0.25) is 10.0 Å². The van der Waals surface area contributed by atoms with Crippen molar-refractivity contribution < 1.29 is 28.7 Å². The molecule has 0 unspecified atom stereocenters. The minimum absolute atomic E-state index is 0.122. The van der Waals surface area contributed by atoms with E-state index in [1.807, 2.05) is 21.9 Å². The number of esters is 2. The molecule has 7 saturated carbocycles. The molecule has 0 saturated heterocycles. The van der Waals surface area contributed by atoms with E-state index < -0.39 is 5.41 Å². The molecule has 0 spiro atoms. The molecular formula is C53H67BrCl2N2O6. The Labute approximate surface area is 399 Å². The third-order valence-electron chi connectivity index (χ3n) is 17.4. The number of ether oxygens (including phenoxy) is 2. The second-order valence-electron chi connectivity index (χ2n) is 22.6. The highest BCUT2D eigenvalue weighted by molar-refractivity contribution is 9.10. The lowest BCUT2D eigenvalue weighted by atomic mass is 9.38. The van der Waals surface area contributed by atoms with E-state index in [1.165, 1.54) is 37.4 Å². The second kappa shape index (κ2) is 16.0. The zero-order valence-electron chi connectivity index (χ0n) is 39.7. The molecule has 2 aliphatic heterocycles. The third kappa shape index (κ3) is 7.25. The van der Waals surface area contributed by atoms with E-state index in [9.17, 15) is 19.2 Å². The molecule has 4 bridgehead atoms. The van der Waals surface area contributed by atoms with E-state index >= 15 is 0 Å². The van der Waals surface area contributed by atoms with Gasteiger partial charge in [-0.05, 0) is 149 Å². The summed E-state index contributed by atoms with van der Waals surface area (Å²) >= 11 is 16.7. The number of hydrogen-bond acceptors (Lipinski definition) is 6. The fourth-order valence-electron chi connectivity index (χ4n) is 13.2. The first-order valence-corrected chi connectivity index (χ1v) is 25.0. The molecule has 2 aromatic carbocycles. The van der Waals surface area contributed by atoms with Gasteiger partial charge in [-0.15, -0.1) is 0 Å². The van der Waals surface area contributed by atoms with E-state index in [1.54, 1.807) is 0 Å². The van der Waals surface area contributed by atoms with Crippen molar-refractivity contribution in [1.29, 1.82) is 0 Å². The highest BCUT2D eigenvalue weighted by atomic mass is 79.9. The number of nitrogens with zero attached hydrogens (tertiary/aromatic N) is 2. The fraction of sp³-hybridized carbons (Fsp3) is 0.623.